The summed E-state index contributed by atoms with van der Waals surface area (Å²) in [6, 6.07) is 14.5. The number of amides is 1. The highest BCUT2D eigenvalue weighted by molar-refractivity contribution is 7.17. The van der Waals surface area contributed by atoms with E-state index in [1.807, 2.05) is 36.1 Å². The molecule has 0 spiro atoms. The van der Waals surface area contributed by atoms with Gasteiger partial charge in [0.1, 0.15) is 5.69 Å². The van der Waals surface area contributed by atoms with Crippen LogP contribution < -0.4 is 0 Å². The van der Waals surface area contributed by atoms with Crippen LogP contribution in [0.3, 0.4) is 0 Å². The smallest absolute Gasteiger partial charge is 0.309 e. The largest absolute Gasteiger partial charge is 0.466 e. The van der Waals surface area contributed by atoms with Crippen LogP contribution in [0.2, 0.25) is 0 Å². The average Bonchev–Trinajstić information content (AvgIpc) is 3.34. The maximum absolute atomic E-state index is 13.3. The van der Waals surface area contributed by atoms with E-state index in [1.54, 1.807) is 11.3 Å². The zero-order valence-electron chi connectivity index (χ0n) is 16.7. The Morgan fingerprint density at radius 3 is 2.62 bits per heavy atom. The van der Waals surface area contributed by atoms with Gasteiger partial charge in [-0.15, -0.1) is 11.3 Å². The Kier molecular flexibility index (Phi) is 6.00. The minimum Gasteiger partial charge on any atom is -0.466 e. The summed E-state index contributed by atoms with van der Waals surface area (Å²) >= 11 is 1.67. The predicted octanol–water partition coefficient (Wildman–Crippen LogP) is 4.36. The molecule has 1 aliphatic rings. The van der Waals surface area contributed by atoms with E-state index in [9.17, 15) is 9.59 Å². The van der Waals surface area contributed by atoms with Crippen LogP contribution in [0.25, 0.3) is 10.2 Å². The second-order valence-corrected chi connectivity index (χ2v) is 8.35. The van der Waals surface area contributed by atoms with E-state index in [1.165, 1.54) is 5.56 Å². The summed E-state index contributed by atoms with van der Waals surface area (Å²) in [5, 5.41) is 2.07. The van der Waals surface area contributed by atoms with Crippen molar-refractivity contribution in [1.82, 2.24) is 9.47 Å². The number of hydrogen-bond donors (Lipinski definition) is 0. The summed E-state index contributed by atoms with van der Waals surface area (Å²) in [6.45, 7) is 4.19. The molecule has 6 heteroatoms. The molecular weight excluding hydrogens is 384 g/mol. The number of esters is 1. The van der Waals surface area contributed by atoms with E-state index >= 15 is 0 Å². The fourth-order valence-electron chi connectivity index (χ4n) is 4.02. The molecule has 152 valence electrons. The zero-order chi connectivity index (χ0) is 20.2. The van der Waals surface area contributed by atoms with E-state index in [4.69, 9.17) is 4.74 Å². The molecule has 0 aliphatic carbocycles. The van der Waals surface area contributed by atoms with Crippen molar-refractivity contribution in [2.45, 2.75) is 32.7 Å². The lowest BCUT2D eigenvalue weighted by molar-refractivity contribution is -0.149. The SMILES string of the molecule is CCOC(=O)C1CCN(C(=O)c2cc3sccc3n2CCc2ccccc2)CC1. The van der Waals surface area contributed by atoms with Crippen molar-refractivity contribution in [1.29, 1.82) is 0 Å². The van der Waals surface area contributed by atoms with Gasteiger partial charge in [-0.1, -0.05) is 30.3 Å². The number of nitrogens with zero attached hydrogens (tertiary/aromatic N) is 2. The minimum absolute atomic E-state index is 0.0590. The molecule has 0 radical (unpaired) electrons. The van der Waals surface area contributed by atoms with Crippen LogP contribution in [-0.2, 0) is 22.5 Å². The summed E-state index contributed by atoms with van der Waals surface area (Å²) in [7, 11) is 0. The number of benzene rings is 1. The molecule has 0 saturated carbocycles. The summed E-state index contributed by atoms with van der Waals surface area (Å²) in [6.07, 6.45) is 2.22. The van der Waals surface area contributed by atoms with Crippen molar-refractivity contribution in [2.75, 3.05) is 19.7 Å². The number of likely N-dealkylation sites (tertiary alicyclic amines) is 1. The van der Waals surface area contributed by atoms with Crippen LogP contribution in [-0.4, -0.2) is 41.0 Å². The first-order chi connectivity index (χ1) is 14.2. The molecule has 4 rings (SSSR count). The van der Waals surface area contributed by atoms with E-state index in [2.05, 4.69) is 28.1 Å². The van der Waals surface area contributed by atoms with Gasteiger partial charge in [0.15, 0.2) is 0 Å². The minimum atomic E-state index is -0.133. The fourth-order valence-corrected chi connectivity index (χ4v) is 4.84. The lowest BCUT2D eigenvalue weighted by atomic mass is 9.97. The summed E-state index contributed by atoms with van der Waals surface area (Å²) in [4.78, 5) is 27.2. The van der Waals surface area contributed by atoms with Gasteiger partial charge in [0.05, 0.1) is 22.7 Å². The first-order valence-electron chi connectivity index (χ1n) is 10.2. The Morgan fingerprint density at radius 2 is 1.90 bits per heavy atom. The molecule has 1 saturated heterocycles. The van der Waals surface area contributed by atoms with E-state index in [-0.39, 0.29) is 17.8 Å². The van der Waals surface area contributed by atoms with Crippen LogP contribution in [0, 0.1) is 5.92 Å². The van der Waals surface area contributed by atoms with Crippen molar-refractivity contribution in [3.63, 3.8) is 0 Å². The molecule has 1 amide bonds. The van der Waals surface area contributed by atoms with Crippen LogP contribution in [0.15, 0.2) is 47.8 Å². The Hall–Kier alpha value is -2.60. The van der Waals surface area contributed by atoms with Crippen molar-refractivity contribution < 1.29 is 14.3 Å². The van der Waals surface area contributed by atoms with Crippen LogP contribution in [0.1, 0.15) is 35.8 Å². The molecule has 0 unspecified atom stereocenters. The summed E-state index contributed by atoms with van der Waals surface area (Å²) in [5.41, 5.74) is 3.13. The van der Waals surface area contributed by atoms with Crippen LogP contribution in [0.4, 0.5) is 0 Å². The molecule has 1 aromatic carbocycles. The molecule has 0 bridgehead atoms. The van der Waals surface area contributed by atoms with Crippen LogP contribution >= 0.6 is 11.3 Å². The maximum Gasteiger partial charge on any atom is 0.309 e. The van der Waals surface area contributed by atoms with Crippen molar-refractivity contribution in [3.8, 4) is 0 Å². The summed E-state index contributed by atoms with van der Waals surface area (Å²) < 4.78 is 8.43. The van der Waals surface area contributed by atoms with Gasteiger partial charge in [0.25, 0.3) is 5.91 Å². The normalized spacial score (nSPS) is 15.0. The number of thiophene rings is 1. The van der Waals surface area contributed by atoms with Gasteiger partial charge in [-0.2, -0.15) is 0 Å². The van der Waals surface area contributed by atoms with Gasteiger partial charge in [-0.05, 0) is 49.3 Å². The molecule has 1 aliphatic heterocycles. The molecule has 3 aromatic rings. The lowest BCUT2D eigenvalue weighted by Gasteiger charge is -2.31. The molecule has 0 N–H and O–H groups in total. The number of aryl methyl sites for hydroxylation is 2. The highest BCUT2D eigenvalue weighted by Crippen LogP contribution is 2.28. The second kappa shape index (κ2) is 8.82. The number of carbonyl (C=O) groups is 2. The van der Waals surface area contributed by atoms with Crippen LogP contribution in [0.5, 0.6) is 0 Å². The first-order valence-corrected chi connectivity index (χ1v) is 11.1. The Labute approximate surface area is 174 Å². The van der Waals surface area contributed by atoms with Crippen molar-refractivity contribution >= 4 is 33.4 Å². The highest BCUT2D eigenvalue weighted by atomic mass is 32.1. The Balaban J connectivity index is 1.49. The average molecular weight is 411 g/mol. The molecule has 0 atom stereocenters. The number of fused-ring (bicyclic) bond motifs is 1. The first kappa shape index (κ1) is 19.7. The monoisotopic (exact) mass is 410 g/mol. The van der Waals surface area contributed by atoms with Crippen molar-refractivity contribution in [3.05, 3.63) is 59.1 Å². The molecule has 1 fully saturated rings. The predicted molar refractivity (Wildman–Crippen MR) is 115 cm³/mol. The standard InChI is InChI=1S/C23H26N2O3S/c1-2-28-23(27)18-9-12-24(13-10-18)22(26)20-16-21-19(11-15-29-21)25(20)14-8-17-6-4-3-5-7-17/h3-7,11,15-16,18H,2,8-10,12-14H2,1H3. The Bertz CT molecular complexity index is 984. The second-order valence-electron chi connectivity index (χ2n) is 7.41. The quantitative estimate of drug-likeness (QED) is 0.568. The number of hydrogen-bond acceptors (Lipinski definition) is 4. The fraction of sp³-hybridized carbons (Fsp3) is 0.391. The number of carbonyl (C=O) groups excluding carboxylic acids is 2. The van der Waals surface area contributed by atoms with E-state index in [0.29, 0.717) is 32.5 Å². The third-order valence-corrected chi connectivity index (χ3v) is 6.46. The topological polar surface area (TPSA) is 51.5 Å². The van der Waals surface area contributed by atoms with Crippen molar-refractivity contribution in [2.24, 2.45) is 5.92 Å². The van der Waals surface area contributed by atoms with Gasteiger partial charge in [-0.25, -0.2) is 0 Å². The van der Waals surface area contributed by atoms with Gasteiger partial charge in [0.2, 0.25) is 0 Å². The van der Waals surface area contributed by atoms with E-state index < -0.39 is 0 Å². The van der Waals surface area contributed by atoms with E-state index in [0.717, 1.165) is 28.9 Å². The number of ether oxygens (including phenoxy) is 1. The van der Waals surface area contributed by atoms with Gasteiger partial charge in [-0.3, -0.25) is 9.59 Å². The van der Waals surface area contributed by atoms with Gasteiger partial charge in [0, 0.05) is 19.6 Å². The molecule has 3 heterocycles. The molecular formula is C23H26N2O3S. The number of piperidine rings is 1. The summed E-state index contributed by atoms with van der Waals surface area (Å²) in [5.74, 6) is -0.164. The molecule has 29 heavy (non-hydrogen) atoms. The number of aromatic nitrogens is 1. The molecule has 2 aromatic heterocycles. The molecule has 5 nitrogen and oxygen atoms in total. The third-order valence-electron chi connectivity index (χ3n) is 5.61. The van der Waals surface area contributed by atoms with Gasteiger partial charge >= 0.3 is 5.97 Å². The van der Waals surface area contributed by atoms with Gasteiger partial charge < -0.3 is 14.2 Å². The maximum atomic E-state index is 13.3. The lowest BCUT2D eigenvalue weighted by Crippen LogP contribution is -2.41. The number of rotatable bonds is 6. The Morgan fingerprint density at radius 1 is 1.14 bits per heavy atom. The highest BCUT2D eigenvalue weighted by Gasteiger charge is 2.30. The zero-order valence-corrected chi connectivity index (χ0v) is 17.5. The third kappa shape index (κ3) is 4.22.